The minimum absolute atomic E-state index is 0.0252. The molecule has 4 heteroatoms. The Morgan fingerprint density at radius 3 is 2.76 bits per heavy atom. The van der Waals surface area contributed by atoms with Crippen LogP contribution in [-0.2, 0) is 19.1 Å². The molecule has 0 spiro atoms. The van der Waals surface area contributed by atoms with Crippen molar-refractivity contribution >= 4 is 11.9 Å². The highest BCUT2D eigenvalue weighted by molar-refractivity contribution is 5.90. The maximum absolute atomic E-state index is 11.8. The van der Waals surface area contributed by atoms with Gasteiger partial charge in [-0.1, -0.05) is 18.7 Å². The molecule has 21 heavy (non-hydrogen) atoms. The smallest absolute Gasteiger partial charge is 0.334 e. The summed E-state index contributed by atoms with van der Waals surface area (Å²) < 4.78 is 11.1. The highest BCUT2D eigenvalue weighted by atomic mass is 16.6. The number of esters is 2. The maximum atomic E-state index is 11.8. The van der Waals surface area contributed by atoms with E-state index in [-0.39, 0.29) is 29.9 Å². The lowest BCUT2D eigenvalue weighted by molar-refractivity contribution is -0.160. The Balaban J connectivity index is 1.92. The topological polar surface area (TPSA) is 52.6 Å². The fourth-order valence-electron chi connectivity index (χ4n) is 4.44. The molecule has 1 heterocycles. The first-order valence-corrected chi connectivity index (χ1v) is 7.59. The summed E-state index contributed by atoms with van der Waals surface area (Å²) in [4.78, 5) is 23.2. The fraction of sp³-hybridized carbons (Fsp3) is 0.647. The SMILES string of the molecule is C=C1C(=O)O[C@@H]2CC(=C)[C@@H]3CC[C@@](C)(OC(C)=O)[C@@H]3C[C@H]12. The predicted molar refractivity (Wildman–Crippen MR) is 77.3 cm³/mol. The minimum atomic E-state index is -0.472. The van der Waals surface area contributed by atoms with Crippen molar-refractivity contribution in [2.24, 2.45) is 17.8 Å². The Labute approximate surface area is 125 Å². The summed E-state index contributed by atoms with van der Waals surface area (Å²) in [6.45, 7) is 11.6. The zero-order valence-electron chi connectivity index (χ0n) is 12.7. The molecule has 2 saturated carbocycles. The van der Waals surface area contributed by atoms with Crippen molar-refractivity contribution in [2.75, 3.05) is 0 Å². The molecule has 0 bridgehead atoms. The molecule has 1 aliphatic heterocycles. The number of hydrogen-bond donors (Lipinski definition) is 0. The quantitative estimate of drug-likeness (QED) is 0.423. The van der Waals surface area contributed by atoms with Crippen LogP contribution in [0.1, 0.15) is 39.5 Å². The normalized spacial score (nSPS) is 42.1. The van der Waals surface area contributed by atoms with Crippen LogP contribution in [0.2, 0.25) is 0 Å². The summed E-state index contributed by atoms with van der Waals surface area (Å²) in [6.07, 6.45) is 3.17. The predicted octanol–water partition coefficient (Wildman–Crippen LogP) is 2.78. The van der Waals surface area contributed by atoms with Crippen LogP contribution in [0.15, 0.2) is 24.3 Å². The summed E-state index contributed by atoms with van der Waals surface area (Å²) in [7, 11) is 0. The molecule has 0 aromatic carbocycles. The van der Waals surface area contributed by atoms with Gasteiger partial charge in [-0.2, -0.15) is 0 Å². The van der Waals surface area contributed by atoms with Gasteiger partial charge in [-0.3, -0.25) is 4.79 Å². The number of carbonyl (C=O) groups excluding carboxylic acids is 2. The molecule has 3 fully saturated rings. The Bertz CT molecular complexity index is 535. The Morgan fingerprint density at radius 1 is 1.38 bits per heavy atom. The molecule has 0 amide bonds. The molecule has 2 aliphatic carbocycles. The molecule has 5 atom stereocenters. The molecule has 114 valence electrons. The standard InChI is InChI=1S/C17H22O4/c1-9-7-15-13(10(2)16(19)20-15)8-14-12(9)5-6-17(14,4)21-11(3)18/h12-15H,1-2,5-8H2,3-4H3/t12-,13+,14+,15+,17+/m0/s1. The van der Waals surface area contributed by atoms with Crippen molar-refractivity contribution in [1.29, 1.82) is 0 Å². The molecule has 1 saturated heterocycles. The minimum Gasteiger partial charge on any atom is -0.459 e. The number of ether oxygens (including phenoxy) is 2. The zero-order valence-corrected chi connectivity index (χ0v) is 12.7. The average Bonchev–Trinajstić information content (AvgIpc) is 2.76. The van der Waals surface area contributed by atoms with Gasteiger partial charge >= 0.3 is 11.9 Å². The number of fused-ring (bicyclic) bond motifs is 2. The third kappa shape index (κ3) is 2.21. The zero-order chi connectivity index (χ0) is 15.4. The molecular weight excluding hydrogens is 268 g/mol. The van der Waals surface area contributed by atoms with Crippen LogP contribution in [0.25, 0.3) is 0 Å². The summed E-state index contributed by atoms with van der Waals surface area (Å²) >= 11 is 0. The highest BCUT2D eigenvalue weighted by Gasteiger charge is 2.54. The van der Waals surface area contributed by atoms with Gasteiger partial charge in [-0.15, -0.1) is 0 Å². The van der Waals surface area contributed by atoms with E-state index >= 15 is 0 Å². The van der Waals surface area contributed by atoms with E-state index in [1.54, 1.807) is 0 Å². The summed E-state index contributed by atoms with van der Waals surface area (Å²) in [5.74, 6) is 0.0180. The van der Waals surface area contributed by atoms with Crippen LogP contribution in [0.4, 0.5) is 0 Å². The number of hydrogen-bond acceptors (Lipinski definition) is 4. The van der Waals surface area contributed by atoms with Gasteiger partial charge in [0.1, 0.15) is 11.7 Å². The van der Waals surface area contributed by atoms with Crippen LogP contribution >= 0.6 is 0 Å². The second kappa shape index (κ2) is 4.72. The molecule has 0 aromatic heterocycles. The lowest BCUT2D eigenvalue weighted by Crippen LogP contribution is -2.38. The summed E-state index contributed by atoms with van der Waals surface area (Å²) in [6, 6.07) is 0. The third-order valence-corrected chi connectivity index (χ3v) is 5.51. The first-order chi connectivity index (χ1) is 9.82. The van der Waals surface area contributed by atoms with Crippen LogP contribution in [0.5, 0.6) is 0 Å². The van der Waals surface area contributed by atoms with Crippen molar-refractivity contribution in [3.8, 4) is 0 Å². The van der Waals surface area contributed by atoms with Crippen molar-refractivity contribution < 1.29 is 19.1 Å². The second-order valence-electron chi connectivity index (χ2n) is 6.83. The van der Waals surface area contributed by atoms with Gasteiger partial charge in [0.15, 0.2) is 0 Å². The number of carbonyl (C=O) groups is 2. The largest absolute Gasteiger partial charge is 0.459 e. The lowest BCUT2D eigenvalue weighted by atomic mass is 9.78. The second-order valence-corrected chi connectivity index (χ2v) is 6.83. The molecule has 4 nitrogen and oxygen atoms in total. The summed E-state index contributed by atoms with van der Waals surface area (Å²) in [5.41, 5.74) is 1.21. The molecule has 0 radical (unpaired) electrons. The molecule has 0 aromatic rings. The van der Waals surface area contributed by atoms with Crippen molar-refractivity contribution in [3.05, 3.63) is 24.3 Å². The van der Waals surface area contributed by atoms with Crippen molar-refractivity contribution in [1.82, 2.24) is 0 Å². The maximum Gasteiger partial charge on any atom is 0.334 e. The molecule has 0 unspecified atom stereocenters. The summed E-state index contributed by atoms with van der Waals surface area (Å²) in [5, 5.41) is 0. The van der Waals surface area contributed by atoms with E-state index in [4.69, 9.17) is 9.47 Å². The monoisotopic (exact) mass is 290 g/mol. The van der Waals surface area contributed by atoms with Gasteiger partial charge in [-0.25, -0.2) is 4.79 Å². The van der Waals surface area contributed by atoms with E-state index in [9.17, 15) is 9.59 Å². The van der Waals surface area contributed by atoms with Crippen molar-refractivity contribution in [3.63, 3.8) is 0 Å². The Morgan fingerprint density at radius 2 is 2.10 bits per heavy atom. The highest BCUT2D eigenvalue weighted by Crippen LogP contribution is 2.54. The number of rotatable bonds is 1. The van der Waals surface area contributed by atoms with E-state index in [1.807, 2.05) is 6.92 Å². The third-order valence-electron chi connectivity index (χ3n) is 5.51. The van der Waals surface area contributed by atoms with E-state index in [0.717, 1.165) is 24.8 Å². The first-order valence-electron chi connectivity index (χ1n) is 7.59. The first kappa shape index (κ1) is 14.4. The molecule has 3 aliphatic rings. The van der Waals surface area contributed by atoms with E-state index in [1.165, 1.54) is 6.92 Å². The Hall–Kier alpha value is -1.58. The van der Waals surface area contributed by atoms with Gasteiger partial charge in [-0.05, 0) is 32.1 Å². The lowest BCUT2D eigenvalue weighted by Gasteiger charge is -2.34. The van der Waals surface area contributed by atoms with Gasteiger partial charge < -0.3 is 9.47 Å². The molecule has 0 N–H and O–H groups in total. The van der Waals surface area contributed by atoms with E-state index in [2.05, 4.69) is 13.2 Å². The van der Waals surface area contributed by atoms with Gasteiger partial charge in [0.25, 0.3) is 0 Å². The van der Waals surface area contributed by atoms with Gasteiger partial charge in [0.05, 0.1) is 0 Å². The van der Waals surface area contributed by atoms with Crippen LogP contribution in [-0.4, -0.2) is 23.6 Å². The van der Waals surface area contributed by atoms with Gasteiger partial charge in [0, 0.05) is 30.8 Å². The van der Waals surface area contributed by atoms with Crippen LogP contribution in [0.3, 0.4) is 0 Å². The molecule has 3 rings (SSSR count). The van der Waals surface area contributed by atoms with E-state index < -0.39 is 5.60 Å². The Kier molecular flexibility index (Phi) is 3.23. The fourth-order valence-corrected chi connectivity index (χ4v) is 4.44. The molecular formula is C17H22O4. The van der Waals surface area contributed by atoms with Crippen LogP contribution in [0, 0.1) is 17.8 Å². The van der Waals surface area contributed by atoms with Gasteiger partial charge in [0.2, 0.25) is 0 Å². The van der Waals surface area contributed by atoms with Crippen LogP contribution < -0.4 is 0 Å². The average molecular weight is 290 g/mol. The van der Waals surface area contributed by atoms with E-state index in [0.29, 0.717) is 17.9 Å². The van der Waals surface area contributed by atoms with Crippen molar-refractivity contribution in [2.45, 2.75) is 51.2 Å².